The highest BCUT2D eigenvalue weighted by molar-refractivity contribution is 9.10. The van der Waals surface area contributed by atoms with Gasteiger partial charge in [-0.2, -0.15) is 0 Å². The third-order valence-corrected chi connectivity index (χ3v) is 5.72. The van der Waals surface area contributed by atoms with Crippen molar-refractivity contribution < 1.29 is 9.53 Å². The number of benzene rings is 2. The predicted molar refractivity (Wildman–Crippen MR) is 104 cm³/mol. The first-order valence-corrected chi connectivity index (χ1v) is 9.43. The van der Waals surface area contributed by atoms with Crippen LogP contribution < -0.4 is 9.64 Å². The zero-order chi connectivity index (χ0) is 17.6. The van der Waals surface area contributed by atoms with E-state index in [2.05, 4.69) is 22.0 Å². The molecule has 0 fully saturated rings. The van der Waals surface area contributed by atoms with Crippen LogP contribution in [0.15, 0.2) is 46.3 Å². The van der Waals surface area contributed by atoms with Gasteiger partial charge in [-0.1, -0.05) is 22.0 Å². The lowest BCUT2D eigenvalue weighted by atomic mass is 10.1. The molecule has 0 radical (unpaired) electrons. The van der Waals surface area contributed by atoms with Gasteiger partial charge in [0.15, 0.2) is 0 Å². The summed E-state index contributed by atoms with van der Waals surface area (Å²) in [5, 5.41) is 2.94. The number of methoxy groups -OCH3 is 1. The predicted octanol–water partition coefficient (Wildman–Crippen LogP) is 4.77. The van der Waals surface area contributed by atoms with Crippen LogP contribution in [0.4, 0.5) is 5.69 Å². The first-order valence-electron chi connectivity index (χ1n) is 7.76. The minimum absolute atomic E-state index is 0.130. The molecule has 0 saturated carbocycles. The van der Waals surface area contributed by atoms with E-state index in [9.17, 15) is 4.79 Å². The fourth-order valence-electron chi connectivity index (χ4n) is 3.01. The maximum Gasteiger partial charge on any atom is 0.231 e. The van der Waals surface area contributed by atoms with Crippen LogP contribution in [0.2, 0.25) is 0 Å². The molecule has 0 saturated heterocycles. The minimum atomic E-state index is 0.130. The molecule has 1 amide bonds. The van der Waals surface area contributed by atoms with Gasteiger partial charge in [0.05, 0.1) is 24.8 Å². The number of thiazole rings is 1. The number of hydrogen-bond acceptors (Lipinski definition) is 4. The molecular weight excluding hydrogens is 400 g/mol. The van der Waals surface area contributed by atoms with Crippen LogP contribution in [0, 0.1) is 0 Å². The summed E-state index contributed by atoms with van der Waals surface area (Å²) in [5.74, 6) is 0.926. The summed E-state index contributed by atoms with van der Waals surface area (Å²) >= 11 is 5.09. The molecular formula is C19H15BrN2O2S. The fourth-order valence-corrected chi connectivity index (χ4v) is 4.22. The lowest BCUT2D eigenvalue weighted by molar-refractivity contribution is -0.117. The van der Waals surface area contributed by atoms with E-state index in [1.807, 2.05) is 42.8 Å². The highest BCUT2D eigenvalue weighted by Gasteiger charge is 2.24. The number of hydrogen-bond donors (Lipinski definition) is 0. The molecule has 0 spiro atoms. The van der Waals surface area contributed by atoms with Crippen molar-refractivity contribution in [3.05, 3.63) is 51.8 Å². The highest BCUT2D eigenvalue weighted by atomic mass is 79.9. The average molecular weight is 415 g/mol. The number of ether oxygens (including phenoxy) is 1. The number of carbonyl (C=O) groups is 1. The Morgan fingerprint density at radius 1 is 1.24 bits per heavy atom. The molecule has 0 atom stereocenters. The molecule has 1 aromatic heterocycles. The molecule has 4 nitrogen and oxygen atoms in total. The van der Waals surface area contributed by atoms with Crippen molar-refractivity contribution >= 4 is 38.9 Å². The number of aromatic nitrogens is 1. The SMILES string of the molecule is COc1ccc(Br)cc1-c1nc(-c2ccc3c(c2)CC(=O)N3C)cs1. The van der Waals surface area contributed by atoms with Gasteiger partial charge in [0.2, 0.25) is 5.91 Å². The third-order valence-electron chi connectivity index (χ3n) is 4.35. The summed E-state index contributed by atoms with van der Waals surface area (Å²) in [6.07, 6.45) is 0.454. The normalized spacial score (nSPS) is 13.2. The molecule has 2 heterocycles. The van der Waals surface area contributed by atoms with Gasteiger partial charge in [0, 0.05) is 28.2 Å². The number of anilines is 1. The minimum Gasteiger partial charge on any atom is -0.496 e. The molecule has 25 heavy (non-hydrogen) atoms. The molecule has 1 aliphatic heterocycles. The van der Waals surface area contributed by atoms with E-state index in [0.717, 1.165) is 43.3 Å². The monoisotopic (exact) mass is 414 g/mol. The fraction of sp³-hybridized carbons (Fsp3) is 0.158. The second kappa shape index (κ2) is 6.28. The number of amides is 1. The van der Waals surface area contributed by atoms with E-state index in [1.54, 1.807) is 23.3 Å². The van der Waals surface area contributed by atoms with Gasteiger partial charge in [0.1, 0.15) is 10.8 Å². The van der Waals surface area contributed by atoms with E-state index < -0.39 is 0 Å². The third kappa shape index (κ3) is 2.85. The average Bonchev–Trinajstić information content (AvgIpc) is 3.20. The van der Waals surface area contributed by atoms with E-state index in [1.165, 1.54) is 0 Å². The Balaban J connectivity index is 1.73. The van der Waals surface area contributed by atoms with Crippen molar-refractivity contribution in [2.24, 2.45) is 0 Å². The second-order valence-electron chi connectivity index (χ2n) is 5.86. The van der Waals surface area contributed by atoms with Gasteiger partial charge in [0.25, 0.3) is 0 Å². The quantitative estimate of drug-likeness (QED) is 0.619. The van der Waals surface area contributed by atoms with Gasteiger partial charge in [-0.3, -0.25) is 4.79 Å². The molecule has 4 rings (SSSR count). The van der Waals surface area contributed by atoms with Crippen LogP contribution in [0.5, 0.6) is 5.75 Å². The summed E-state index contributed by atoms with van der Waals surface area (Å²) in [4.78, 5) is 18.4. The van der Waals surface area contributed by atoms with E-state index in [0.29, 0.717) is 6.42 Å². The Bertz CT molecular complexity index is 983. The number of carbonyl (C=O) groups excluding carboxylic acids is 1. The summed E-state index contributed by atoms with van der Waals surface area (Å²) < 4.78 is 6.44. The van der Waals surface area contributed by atoms with Crippen LogP contribution >= 0.6 is 27.3 Å². The zero-order valence-corrected chi connectivity index (χ0v) is 16.1. The van der Waals surface area contributed by atoms with Crippen molar-refractivity contribution in [3.8, 4) is 27.6 Å². The molecule has 0 bridgehead atoms. The van der Waals surface area contributed by atoms with Crippen molar-refractivity contribution in [2.45, 2.75) is 6.42 Å². The first kappa shape index (κ1) is 16.3. The van der Waals surface area contributed by atoms with Crippen LogP contribution in [0.3, 0.4) is 0 Å². The van der Waals surface area contributed by atoms with Crippen LogP contribution in [0.1, 0.15) is 5.56 Å². The summed E-state index contributed by atoms with van der Waals surface area (Å²) in [6.45, 7) is 0. The Kier molecular flexibility index (Phi) is 4.09. The number of nitrogens with zero attached hydrogens (tertiary/aromatic N) is 2. The number of halogens is 1. The zero-order valence-electron chi connectivity index (χ0n) is 13.7. The first-order chi connectivity index (χ1) is 12.1. The molecule has 6 heteroatoms. The lowest BCUT2D eigenvalue weighted by Crippen LogP contribution is -2.20. The summed E-state index contributed by atoms with van der Waals surface area (Å²) in [6, 6.07) is 12.0. The van der Waals surface area contributed by atoms with Crippen LogP contribution in [-0.4, -0.2) is 25.0 Å². The molecule has 126 valence electrons. The maximum atomic E-state index is 11.9. The van der Waals surface area contributed by atoms with Crippen molar-refractivity contribution in [1.29, 1.82) is 0 Å². The van der Waals surface area contributed by atoms with Gasteiger partial charge >= 0.3 is 0 Å². The van der Waals surface area contributed by atoms with Crippen LogP contribution in [-0.2, 0) is 11.2 Å². The van der Waals surface area contributed by atoms with Gasteiger partial charge in [-0.25, -0.2) is 4.98 Å². The van der Waals surface area contributed by atoms with Gasteiger partial charge in [-0.05, 0) is 35.9 Å². The van der Waals surface area contributed by atoms with Gasteiger partial charge in [-0.15, -0.1) is 11.3 Å². The van der Waals surface area contributed by atoms with Crippen molar-refractivity contribution in [3.63, 3.8) is 0 Å². The standard InChI is InChI=1S/C19H15BrN2O2S/c1-22-16-5-3-11(7-12(16)8-18(22)23)15-10-25-19(21-15)14-9-13(20)4-6-17(14)24-2/h3-7,9-10H,8H2,1-2H3. The smallest absolute Gasteiger partial charge is 0.231 e. The summed E-state index contributed by atoms with van der Waals surface area (Å²) in [5.41, 5.74) is 4.94. The topological polar surface area (TPSA) is 42.4 Å². The lowest BCUT2D eigenvalue weighted by Gasteiger charge is -2.10. The Morgan fingerprint density at radius 2 is 2.08 bits per heavy atom. The van der Waals surface area contributed by atoms with E-state index in [4.69, 9.17) is 9.72 Å². The molecule has 3 aromatic rings. The number of fused-ring (bicyclic) bond motifs is 1. The molecule has 0 unspecified atom stereocenters. The maximum absolute atomic E-state index is 11.9. The Labute approximate surface area is 158 Å². The Hall–Kier alpha value is -2.18. The molecule has 2 aromatic carbocycles. The number of likely N-dealkylation sites (N-methyl/N-ethyl adjacent to an activating group) is 1. The number of rotatable bonds is 3. The Morgan fingerprint density at radius 3 is 2.88 bits per heavy atom. The molecule has 0 N–H and O–H groups in total. The van der Waals surface area contributed by atoms with E-state index >= 15 is 0 Å². The second-order valence-corrected chi connectivity index (χ2v) is 7.63. The van der Waals surface area contributed by atoms with Crippen molar-refractivity contribution in [2.75, 3.05) is 19.1 Å². The largest absolute Gasteiger partial charge is 0.496 e. The van der Waals surface area contributed by atoms with Crippen molar-refractivity contribution in [1.82, 2.24) is 4.98 Å². The molecule has 1 aliphatic rings. The highest BCUT2D eigenvalue weighted by Crippen LogP contribution is 2.37. The van der Waals surface area contributed by atoms with Gasteiger partial charge < -0.3 is 9.64 Å². The van der Waals surface area contributed by atoms with Crippen LogP contribution in [0.25, 0.3) is 21.8 Å². The summed E-state index contributed by atoms with van der Waals surface area (Å²) in [7, 11) is 3.48. The molecule has 0 aliphatic carbocycles. The van der Waals surface area contributed by atoms with E-state index in [-0.39, 0.29) is 5.91 Å².